The fourth-order valence-corrected chi connectivity index (χ4v) is 2.99. The Hall–Kier alpha value is -0.840. The van der Waals surface area contributed by atoms with E-state index < -0.39 is 0 Å². The Morgan fingerprint density at radius 2 is 2.15 bits per heavy atom. The van der Waals surface area contributed by atoms with E-state index in [2.05, 4.69) is 19.2 Å². The van der Waals surface area contributed by atoms with Gasteiger partial charge in [-0.15, -0.1) is 0 Å². The molecule has 0 spiro atoms. The molecule has 0 aromatic carbocycles. The number of furan rings is 1. The molecule has 0 saturated carbocycles. The summed E-state index contributed by atoms with van der Waals surface area (Å²) in [5.74, 6) is 1.02. The van der Waals surface area contributed by atoms with E-state index in [0.29, 0.717) is 0 Å². The van der Waals surface area contributed by atoms with Gasteiger partial charge in [-0.25, -0.2) is 0 Å². The van der Waals surface area contributed by atoms with Crippen LogP contribution in [0.1, 0.15) is 38.9 Å². The zero-order chi connectivity index (χ0) is 14.3. The van der Waals surface area contributed by atoms with Crippen LogP contribution in [0.5, 0.6) is 0 Å². The molecule has 0 radical (unpaired) electrons. The molecule has 20 heavy (non-hydrogen) atoms. The maximum Gasteiger partial charge on any atom is 0.105 e. The first kappa shape index (κ1) is 15.5. The molecule has 1 saturated heterocycles. The van der Waals surface area contributed by atoms with Crippen LogP contribution in [0.15, 0.2) is 22.8 Å². The smallest absolute Gasteiger partial charge is 0.105 e. The van der Waals surface area contributed by atoms with Crippen LogP contribution < -0.4 is 5.32 Å². The van der Waals surface area contributed by atoms with Crippen molar-refractivity contribution in [1.29, 1.82) is 0 Å². The Kier molecular flexibility index (Phi) is 6.07. The third kappa shape index (κ3) is 3.84. The first-order valence-corrected chi connectivity index (χ1v) is 7.78. The molecule has 2 rings (SSSR count). The Balaban J connectivity index is 2.12. The molecule has 1 N–H and O–H groups in total. The molecule has 4 nitrogen and oxygen atoms in total. The second-order valence-electron chi connectivity index (χ2n) is 5.40. The van der Waals surface area contributed by atoms with Gasteiger partial charge in [-0.05, 0) is 32.0 Å². The molecular weight excluding hydrogens is 254 g/mol. The summed E-state index contributed by atoms with van der Waals surface area (Å²) in [5, 5.41) is 3.66. The molecule has 1 aliphatic rings. The van der Waals surface area contributed by atoms with Gasteiger partial charge in [-0.3, -0.25) is 0 Å². The number of rotatable bonds is 8. The van der Waals surface area contributed by atoms with Gasteiger partial charge in [0.25, 0.3) is 0 Å². The third-order valence-electron chi connectivity index (χ3n) is 4.03. The van der Waals surface area contributed by atoms with Gasteiger partial charge in [-0.1, -0.05) is 6.92 Å². The van der Waals surface area contributed by atoms with Gasteiger partial charge in [0.2, 0.25) is 0 Å². The molecular formula is C16H27NO3. The largest absolute Gasteiger partial charge is 0.469 e. The number of hydrogen-bond acceptors (Lipinski definition) is 4. The SMILES string of the molecule is CCCNC(Cc1ccco1)C1(OCC)CCOCC1. The van der Waals surface area contributed by atoms with Crippen LogP contribution in [0.3, 0.4) is 0 Å². The molecule has 2 heterocycles. The predicted octanol–water partition coefficient (Wildman–Crippen LogP) is 2.78. The highest BCUT2D eigenvalue weighted by molar-refractivity contribution is 5.06. The van der Waals surface area contributed by atoms with Crippen molar-refractivity contribution >= 4 is 0 Å². The topological polar surface area (TPSA) is 43.6 Å². The van der Waals surface area contributed by atoms with E-state index in [-0.39, 0.29) is 11.6 Å². The predicted molar refractivity (Wildman–Crippen MR) is 78.9 cm³/mol. The van der Waals surface area contributed by atoms with E-state index in [1.54, 1.807) is 6.26 Å². The normalized spacial score (nSPS) is 19.9. The Bertz CT molecular complexity index is 352. The summed E-state index contributed by atoms with van der Waals surface area (Å²) < 4.78 is 17.3. The second kappa shape index (κ2) is 7.81. The van der Waals surface area contributed by atoms with E-state index in [1.807, 2.05) is 12.1 Å². The summed E-state index contributed by atoms with van der Waals surface area (Å²) in [4.78, 5) is 0. The van der Waals surface area contributed by atoms with Crippen molar-refractivity contribution in [3.63, 3.8) is 0 Å². The highest BCUT2D eigenvalue weighted by Crippen LogP contribution is 2.31. The first-order valence-electron chi connectivity index (χ1n) is 7.78. The van der Waals surface area contributed by atoms with Crippen molar-refractivity contribution in [1.82, 2.24) is 5.32 Å². The van der Waals surface area contributed by atoms with Gasteiger partial charge in [0.05, 0.1) is 11.9 Å². The van der Waals surface area contributed by atoms with Crippen molar-refractivity contribution in [2.24, 2.45) is 0 Å². The minimum Gasteiger partial charge on any atom is -0.469 e. The minimum atomic E-state index is -0.130. The molecule has 4 heteroatoms. The Morgan fingerprint density at radius 1 is 1.35 bits per heavy atom. The van der Waals surface area contributed by atoms with Crippen LogP contribution in [-0.4, -0.2) is 38.0 Å². The number of ether oxygens (including phenoxy) is 2. The summed E-state index contributed by atoms with van der Waals surface area (Å²) in [7, 11) is 0. The summed E-state index contributed by atoms with van der Waals surface area (Å²) >= 11 is 0. The maximum absolute atomic E-state index is 6.19. The third-order valence-corrected chi connectivity index (χ3v) is 4.03. The first-order chi connectivity index (χ1) is 9.80. The fraction of sp³-hybridized carbons (Fsp3) is 0.750. The lowest BCUT2D eigenvalue weighted by molar-refractivity contribution is -0.127. The molecule has 1 unspecified atom stereocenters. The van der Waals surface area contributed by atoms with Crippen LogP contribution >= 0.6 is 0 Å². The summed E-state index contributed by atoms with van der Waals surface area (Å²) in [6.07, 6.45) is 5.62. The highest BCUT2D eigenvalue weighted by atomic mass is 16.5. The average molecular weight is 281 g/mol. The van der Waals surface area contributed by atoms with Gasteiger partial charge in [0, 0.05) is 45.1 Å². The van der Waals surface area contributed by atoms with Gasteiger partial charge in [0.15, 0.2) is 0 Å². The molecule has 1 aliphatic heterocycles. The lowest BCUT2D eigenvalue weighted by Gasteiger charge is -2.43. The van der Waals surface area contributed by atoms with E-state index in [4.69, 9.17) is 13.9 Å². The van der Waals surface area contributed by atoms with Crippen LogP contribution in [0.2, 0.25) is 0 Å². The van der Waals surface area contributed by atoms with E-state index in [1.165, 1.54) is 0 Å². The van der Waals surface area contributed by atoms with Crippen molar-refractivity contribution in [2.45, 2.75) is 51.2 Å². The standard InChI is InChI=1S/C16H27NO3/c1-3-9-17-15(13-14-6-5-10-19-14)16(20-4-2)7-11-18-12-8-16/h5-6,10,15,17H,3-4,7-9,11-13H2,1-2H3. The lowest BCUT2D eigenvalue weighted by Crippen LogP contribution is -2.56. The highest BCUT2D eigenvalue weighted by Gasteiger charge is 2.41. The van der Waals surface area contributed by atoms with E-state index >= 15 is 0 Å². The average Bonchev–Trinajstić information content (AvgIpc) is 2.97. The molecule has 1 aromatic rings. The fourth-order valence-electron chi connectivity index (χ4n) is 2.99. The van der Waals surface area contributed by atoms with Crippen molar-refractivity contribution < 1.29 is 13.9 Å². The minimum absolute atomic E-state index is 0.130. The summed E-state index contributed by atoms with van der Waals surface area (Å²) in [6, 6.07) is 4.26. The Morgan fingerprint density at radius 3 is 2.75 bits per heavy atom. The van der Waals surface area contributed by atoms with Crippen LogP contribution in [0, 0.1) is 0 Å². The summed E-state index contributed by atoms with van der Waals surface area (Å²) in [5.41, 5.74) is -0.130. The number of hydrogen-bond donors (Lipinski definition) is 1. The van der Waals surface area contributed by atoms with Gasteiger partial charge >= 0.3 is 0 Å². The zero-order valence-corrected chi connectivity index (χ0v) is 12.7. The van der Waals surface area contributed by atoms with Gasteiger partial charge < -0.3 is 19.2 Å². The van der Waals surface area contributed by atoms with E-state index in [9.17, 15) is 0 Å². The van der Waals surface area contributed by atoms with Crippen molar-refractivity contribution in [3.8, 4) is 0 Å². The monoisotopic (exact) mass is 281 g/mol. The van der Waals surface area contributed by atoms with Crippen LogP contribution in [0.25, 0.3) is 0 Å². The zero-order valence-electron chi connectivity index (χ0n) is 12.7. The molecule has 1 atom stereocenters. The molecule has 1 aromatic heterocycles. The molecule has 0 amide bonds. The van der Waals surface area contributed by atoms with Crippen molar-refractivity contribution in [2.75, 3.05) is 26.4 Å². The van der Waals surface area contributed by atoms with E-state index in [0.717, 1.165) is 57.8 Å². The van der Waals surface area contributed by atoms with Crippen LogP contribution in [-0.2, 0) is 15.9 Å². The van der Waals surface area contributed by atoms with Gasteiger partial charge in [0.1, 0.15) is 5.76 Å². The lowest BCUT2D eigenvalue weighted by atomic mass is 9.83. The molecule has 114 valence electrons. The molecule has 0 aliphatic carbocycles. The van der Waals surface area contributed by atoms with Crippen LogP contribution in [0.4, 0.5) is 0 Å². The van der Waals surface area contributed by atoms with Crippen molar-refractivity contribution in [3.05, 3.63) is 24.2 Å². The maximum atomic E-state index is 6.19. The number of nitrogens with one attached hydrogen (secondary N) is 1. The quantitative estimate of drug-likeness (QED) is 0.796. The molecule has 0 bridgehead atoms. The Labute approximate surface area is 121 Å². The molecule has 1 fully saturated rings. The van der Waals surface area contributed by atoms with Gasteiger partial charge in [-0.2, -0.15) is 0 Å². The summed E-state index contributed by atoms with van der Waals surface area (Å²) in [6.45, 7) is 7.56. The second-order valence-corrected chi connectivity index (χ2v) is 5.40.